The first kappa shape index (κ1) is 35.5. The van der Waals surface area contributed by atoms with Crippen molar-refractivity contribution in [3.63, 3.8) is 0 Å². The molecule has 0 saturated carbocycles. The van der Waals surface area contributed by atoms with Gasteiger partial charge in [-0.15, -0.1) is 0 Å². The number of carbonyl (C=O) groups is 5. The van der Waals surface area contributed by atoms with Gasteiger partial charge in [0.25, 0.3) is 0 Å². The number of aromatic nitrogens is 1. The Labute approximate surface area is 254 Å². The van der Waals surface area contributed by atoms with Crippen LogP contribution in [0.3, 0.4) is 0 Å². The summed E-state index contributed by atoms with van der Waals surface area (Å²) in [5, 5.41) is 18.3. The van der Waals surface area contributed by atoms with Crippen LogP contribution in [0, 0.1) is 0 Å². The van der Waals surface area contributed by atoms with E-state index in [-0.39, 0.29) is 38.2 Å². The fourth-order valence-corrected chi connectivity index (χ4v) is 4.51. The van der Waals surface area contributed by atoms with E-state index in [0.29, 0.717) is 37.8 Å². The van der Waals surface area contributed by atoms with Crippen LogP contribution >= 0.6 is 0 Å². The minimum atomic E-state index is -1.35. The lowest BCUT2D eigenvalue weighted by atomic mass is 10.0. The molecule has 4 amide bonds. The second-order valence-electron chi connectivity index (χ2n) is 10.4. The van der Waals surface area contributed by atoms with E-state index < -0.39 is 53.8 Å². The highest BCUT2D eigenvalue weighted by atomic mass is 16.4. The highest BCUT2D eigenvalue weighted by Gasteiger charge is 2.31. The SMILES string of the molecule is NCCCCC(N)C(=O)NC(CCCN=C(N)N)C(=O)NC(CCC(N)=O)C(=O)NC(Cc1c[nH]c2ccccc12)C(=O)O. The standard InChI is InChI=1S/C28H44N10O6/c29-12-4-3-7-18(30)24(40)36-20(9-5-13-34-28(32)33)25(41)37-21(10-11-23(31)39)26(42)38-22(27(43)44)14-16-15-35-19-8-2-1-6-17(16)19/h1-2,6,8,15,18,20-22,35H,3-5,7,9-14,29-30H2,(H2,31,39)(H,36,40)(H,37,41)(H,38,42)(H,43,44)(H4,32,33,34). The van der Waals surface area contributed by atoms with E-state index in [1.165, 1.54) is 0 Å². The summed E-state index contributed by atoms with van der Waals surface area (Å²) in [4.78, 5) is 70.1. The number of nitrogens with two attached hydrogens (primary N) is 5. The predicted octanol–water partition coefficient (Wildman–Crippen LogP) is -1.98. The predicted molar refractivity (Wildman–Crippen MR) is 165 cm³/mol. The first-order valence-corrected chi connectivity index (χ1v) is 14.4. The minimum Gasteiger partial charge on any atom is -0.480 e. The molecule has 0 aliphatic heterocycles. The molecule has 0 aliphatic carbocycles. The Hall–Kier alpha value is -4.70. The minimum absolute atomic E-state index is 0.0485. The van der Waals surface area contributed by atoms with Gasteiger partial charge in [0.15, 0.2) is 5.96 Å². The molecule has 0 radical (unpaired) electrons. The monoisotopic (exact) mass is 616 g/mol. The molecule has 1 aromatic heterocycles. The molecule has 1 aromatic carbocycles. The van der Waals surface area contributed by atoms with Gasteiger partial charge in [0, 0.05) is 36.5 Å². The van der Waals surface area contributed by atoms with Crippen molar-refractivity contribution in [2.75, 3.05) is 13.1 Å². The number of carbonyl (C=O) groups excluding carboxylic acids is 4. The molecule has 4 atom stereocenters. The molecule has 2 rings (SSSR count). The van der Waals surface area contributed by atoms with Gasteiger partial charge in [-0.25, -0.2) is 4.79 Å². The number of carboxylic acid groups (broad SMARTS) is 1. The van der Waals surface area contributed by atoms with Crippen molar-refractivity contribution in [3.8, 4) is 0 Å². The molecule has 0 fully saturated rings. The Kier molecular flexibility index (Phi) is 14.6. The highest BCUT2D eigenvalue weighted by molar-refractivity contribution is 5.94. The third kappa shape index (κ3) is 11.9. The molecule has 44 heavy (non-hydrogen) atoms. The molecule has 0 bridgehead atoms. The van der Waals surface area contributed by atoms with Crippen molar-refractivity contribution >= 4 is 46.5 Å². The maximum Gasteiger partial charge on any atom is 0.326 e. The zero-order valence-electron chi connectivity index (χ0n) is 24.6. The van der Waals surface area contributed by atoms with Gasteiger partial charge in [-0.2, -0.15) is 0 Å². The van der Waals surface area contributed by atoms with E-state index >= 15 is 0 Å². The van der Waals surface area contributed by atoms with Gasteiger partial charge in [0.2, 0.25) is 23.6 Å². The van der Waals surface area contributed by atoms with Crippen molar-refractivity contribution < 1.29 is 29.1 Å². The van der Waals surface area contributed by atoms with Crippen LogP contribution in [0.5, 0.6) is 0 Å². The van der Waals surface area contributed by atoms with Crippen molar-refractivity contribution in [1.29, 1.82) is 0 Å². The van der Waals surface area contributed by atoms with Crippen molar-refractivity contribution in [2.45, 2.75) is 75.5 Å². The lowest BCUT2D eigenvalue weighted by molar-refractivity contribution is -0.142. The van der Waals surface area contributed by atoms with Crippen molar-refractivity contribution in [2.24, 2.45) is 33.7 Å². The number of para-hydroxylation sites is 1. The van der Waals surface area contributed by atoms with Gasteiger partial charge in [-0.3, -0.25) is 24.2 Å². The van der Waals surface area contributed by atoms with E-state index in [2.05, 4.69) is 25.9 Å². The Bertz CT molecular complexity index is 1310. The summed E-state index contributed by atoms with van der Waals surface area (Å²) in [6.07, 6.45) is 3.16. The van der Waals surface area contributed by atoms with E-state index in [1.54, 1.807) is 6.20 Å². The molecule has 242 valence electrons. The van der Waals surface area contributed by atoms with Crippen molar-refractivity contribution in [3.05, 3.63) is 36.0 Å². The average Bonchev–Trinajstić information content (AvgIpc) is 3.38. The quantitative estimate of drug-likeness (QED) is 0.0444. The molecule has 2 aromatic rings. The number of primary amides is 1. The largest absolute Gasteiger partial charge is 0.480 e. The summed E-state index contributed by atoms with van der Waals surface area (Å²) >= 11 is 0. The van der Waals surface area contributed by atoms with Crippen LogP contribution in [0.2, 0.25) is 0 Å². The van der Waals surface area contributed by atoms with Crippen LogP contribution in [0.4, 0.5) is 0 Å². The molecule has 4 unspecified atom stereocenters. The normalized spacial score (nSPS) is 13.7. The summed E-state index contributed by atoms with van der Waals surface area (Å²) in [7, 11) is 0. The van der Waals surface area contributed by atoms with Crippen LogP contribution in [0.25, 0.3) is 10.9 Å². The molecule has 15 N–H and O–H groups in total. The highest BCUT2D eigenvalue weighted by Crippen LogP contribution is 2.19. The zero-order valence-corrected chi connectivity index (χ0v) is 24.6. The summed E-state index contributed by atoms with van der Waals surface area (Å²) in [5.74, 6) is -4.32. The summed E-state index contributed by atoms with van der Waals surface area (Å²) in [6, 6.07) is 2.57. The topological polar surface area (TPSA) is 300 Å². The first-order valence-electron chi connectivity index (χ1n) is 14.4. The molecular formula is C28H44N10O6. The summed E-state index contributed by atoms with van der Waals surface area (Å²) in [6.45, 7) is 0.619. The Morgan fingerprint density at radius 2 is 1.48 bits per heavy atom. The number of fused-ring (bicyclic) bond motifs is 1. The van der Waals surface area contributed by atoms with E-state index in [9.17, 15) is 29.1 Å². The smallest absolute Gasteiger partial charge is 0.326 e. The van der Waals surface area contributed by atoms with E-state index in [4.69, 9.17) is 28.7 Å². The number of nitrogens with one attached hydrogen (secondary N) is 4. The first-order chi connectivity index (χ1) is 20.9. The van der Waals surface area contributed by atoms with Gasteiger partial charge < -0.3 is 54.7 Å². The molecule has 0 spiro atoms. The Morgan fingerprint density at radius 3 is 2.11 bits per heavy atom. The van der Waals surface area contributed by atoms with Gasteiger partial charge in [0.1, 0.15) is 18.1 Å². The fourth-order valence-electron chi connectivity index (χ4n) is 4.51. The van der Waals surface area contributed by atoms with Crippen LogP contribution in [-0.4, -0.2) is 82.9 Å². The molecular weight excluding hydrogens is 572 g/mol. The Balaban J connectivity index is 2.20. The van der Waals surface area contributed by atoms with Crippen LogP contribution in [0.1, 0.15) is 50.5 Å². The van der Waals surface area contributed by atoms with Crippen LogP contribution < -0.4 is 44.6 Å². The van der Waals surface area contributed by atoms with E-state index in [0.717, 1.165) is 10.9 Å². The number of nitrogens with zero attached hydrogens (tertiary/aromatic N) is 1. The number of guanidine groups is 1. The lowest BCUT2D eigenvalue weighted by Gasteiger charge is -2.25. The van der Waals surface area contributed by atoms with Crippen LogP contribution in [-0.2, 0) is 30.4 Å². The number of carboxylic acids is 1. The molecule has 0 aliphatic rings. The number of benzene rings is 1. The number of aliphatic carboxylic acids is 1. The third-order valence-electron chi connectivity index (χ3n) is 6.91. The maximum absolute atomic E-state index is 13.4. The number of aromatic amines is 1. The second-order valence-corrected chi connectivity index (χ2v) is 10.4. The molecule has 16 nitrogen and oxygen atoms in total. The number of unbranched alkanes of at least 4 members (excludes halogenated alkanes) is 1. The number of H-pyrrole nitrogens is 1. The Morgan fingerprint density at radius 1 is 0.841 bits per heavy atom. The molecule has 1 heterocycles. The average molecular weight is 617 g/mol. The number of hydrogen-bond donors (Lipinski definition) is 10. The lowest BCUT2D eigenvalue weighted by Crippen LogP contribution is -2.57. The number of rotatable bonds is 20. The fraction of sp³-hybridized carbons (Fsp3) is 0.500. The maximum atomic E-state index is 13.4. The number of aliphatic imine (C=N–C) groups is 1. The molecule has 0 saturated heterocycles. The van der Waals surface area contributed by atoms with Crippen molar-refractivity contribution in [1.82, 2.24) is 20.9 Å². The number of amides is 4. The van der Waals surface area contributed by atoms with Gasteiger partial charge in [-0.1, -0.05) is 24.6 Å². The van der Waals surface area contributed by atoms with Crippen LogP contribution in [0.15, 0.2) is 35.5 Å². The van der Waals surface area contributed by atoms with Gasteiger partial charge in [-0.05, 0) is 50.3 Å². The number of hydrogen-bond acceptors (Lipinski definition) is 8. The molecule has 16 heteroatoms. The zero-order chi connectivity index (χ0) is 32.6. The van der Waals surface area contributed by atoms with Gasteiger partial charge >= 0.3 is 5.97 Å². The third-order valence-corrected chi connectivity index (χ3v) is 6.91. The van der Waals surface area contributed by atoms with E-state index in [1.807, 2.05) is 24.3 Å². The summed E-state index contributed by atoms with van der Waals surface area (Å²) in [5.41, 5.74) is 29.0. The summed E-state index contributed by atoms with van der Waals surface area (Å²) < 4.78 is 0. The van der Waals surface area contributed by atoms with Gasteiger partial charge in [0.05, 0.1) is 6.04 Å². The second kappa shape index (κ2) is 18.1.